The molecule has 1 amide bonds. The fourth-order valence-corrected chi connectivity index (χ4v) is 4.56. The molecule has 3 atom stereocenters. The first-order valence-electron chi connectivity index (χ1n) is 9.65. The van der Waals surface area contributed by atoms with E-state index >= 15 is 0 Å². The average molecular weight is 405 g/mol. The zero-order valence-electron chi connectivity index (χ0n) is 16.0. The minimum atomic E-state index is -0.116. The first kappa shape index (κ1) is 20.2. The molecule has 0 radical (unpaired) electrons. The Morgan fingerprint density at radius 3 is 2.48 bits per heavy atom. The molecule has 1 aromatic carbocycles. The van der Waals surface area contributed by atoms with Crippen molar-refractivity contribution >= 4 is 29.1 Å². The monoisotopic (exact) mass is 404 g/mol. The number of amides is 1. The number of nitrogens with zero attached hydrogens (tertiary/aromatic N) is 2. The molecule has 2 heterocycles. The second-order valence-electron chi connectivity index (χ2n) is 7.36. The molecule has 1 saturated heterocycles. The van der Waals surface area contributed by atoms with Gasteiger partial charge < -0.3 is 4.90 Å². The molecule has 3 rings (SSSR count). The second-order valence-corrected chi connectivity index (χ2v) is 8.23. The minimum absolute atomic E-state index is 0.0295. The molecule has 0 N–H and O–H groups in total. The Morgan fingerprint density at radius 1 is 1.15 bits per heavy atom. The van der Waals surface area contributed by atoms with E-state index in [0.29, 0.717) is 10.0 Å². The molecule has 0 bridgehead atoms. The molecule has 1 aliphatic rings. The molecular weight excluding hydrogens is 379 g/mol. The molecule has 1 aliphatic heterocycles. The largest absolute Gasteiger partial charge is 0.330 e. The van der Waals surface area contributed by atoms with Crippen molar-refractivity contribution in [3.05, 3.63) is 63.9 Å². The van der Waals surface area contributed by atoms with E-state index < -0.39 is 0 Å². The molecule has 3 nitrogen and oxygen atoms in total. The van der Waals surface area contributed by atoms with Crippen molar-refractivity contribution in [2.75, 3.05) is 0 Å². The van der Waals surface area contributed by atoms with Crippen LogP contribution in [-0.4, -0.2) is 21.8 Å². The van der Waals surface area contributed by atoms with Gasteiger partial charge in [0, 0.05) is 29.1 Å². The number of hydrogen-bond acceptors (Lipinski definition) is 2. The fourth-order valence-electron chi connectivity index (χ4n) is 4.25. The highest BCUT2D eigenvalue weighted by molar-refractivity contribution is 6.30. The first-order chi connectivity index (χ1) is 13.0. The van der Waals surface area contributed by atoms with Gasteiger partial charge in [0.2, 0.25) is 5.91 Å². The fraction of sp³-hybridized carbons (Fsp3) is 0.455. The van der Waals surface area contributed by atoms with Crippen molar-refractivity contribution in [3.63, 3.8) is 0 Å². The Balaban J connectivity index is 2.14. The van der Waals surface area contributed by atoms with Gasteiger partial charge in [-0.15, -0.1) is 0 Å². The summed E-state index contributed by atoms with van der Waals surface area (Å²) in [5, 5.41) is 1.32. The molecule has 1 unspecified atom stereocenters. The Kier molecular flexibility index (Phi) is 6.44. The normalized spacial score (nSPS) is 23.1. The van der Waals surface area contributed by atoms with E-state index in [0.717, 1.165) is 30.5 Å². The summed E-state index contributed by atoms with van der Waals surface area (Å²) in [6, 6.07) is 11.9. The topological polar surface area (TPSA) is 33.2 Å². The number of aromatic nitrogens is 1. The van der Waals surface area contributed by atoms with Crippen LogP contribution >= 0.6 is 23.2 Å². The summed E-state index contributed by atoms with van der Waals surface area (Å²) in [5.74, 6) is 0.326. The number of hydrogen-bond donors (Lipinski definition) is 0. The van der Waals surface area contributed by atoms with Crippen LogP contribution in [0.3, 0.4) is 0 Å². The molecule has 0 aliphatic carbocycles. The molecule has 144 valence electrons. The Labute approximate surface area is 171 Å². The summed E-state index contributed by atoms with van der Waals surface area (Å²) in [6.45, 7) is 6.31. The van der Waals surface area contributed by atoms with Gasteiger partial charge in [0.1, 0.15) is 0 Å². The van der Waals surface area contributed by atoms with Gasteiger partial charge in [-0.2, -0.15) is 0 Å². The Hall–Kier alpha value is -1.58. The number of rotatable bonds is 5. The molecule has 1 fully saturated rings. The van der Waals surface area contributed by atoms with E-state index in [1.807, 2.05) is 37.3 Å². The number of halogens is 2. The average Bonchev–Trinajstić information content (AvgIpc) is 2.66. The van der Waals surface area contributed by atoms with Crippen molar-refractivity contribution in [1.82, 2.24) is 9.88 Å². The highest BCUT2D eigenvalue weighted by Gasteiger charge is 2.44. The first-order valence-corrected chi connectivity index (χ1v) is 10.4. The maximum Gasteiger partial charge on any atom is 0.226 e. The molecule has 5 heteroatoms. The lowest BCUT2D eigenvalue weighted by Crippen LogP contribution is -2.51. The van der Waals surface area contributed by atoms with Crippen LogP contribution in [0.5, 0.6) is 0 Å². The number of likely N-dealkylation sites (tertiary alicyclic amines) is 1. The van der Waals surface area contributed by atoms with Crippen molar-refractivity contribution < 1.29 is 4.79 Å². The van der Waals surface area contributed by atoms with Crippen LogP contribution in [0.4, 0.5) is 0 Å². The van der Waals surface area contributed by atoms with Gasteiger partial charge in [0.15, 0.2) is 0 Å². The molecule has 0 spiro atoms. The zero-order valence-corrected chi connectivity index (χ0v) is 17.5. The number of carbonyl (C=O) groups is 1. The third kappa shape index (κ3) is 4.14. The molecule has 2 aromatic rings. The summed E-state index contributed by atoms with van der Waals surface area (Å²) < 4.78 is 0. The molecule has 27 heavy (non-hydrogen) atoms. The standard InChI is InChI=1S/C22H26Cl2N2O/c1-4-18(5-2)26-21(20-10-9-17(24)13-25-20)19(11-14(3)22(26)27)15-7-6-8-16(23)12-15/h6-10,12-14,18-19,21H,4-5,11H2,1-3H3/t14?,19-,21+/m1/s1. The van der Waals surface area contributed by atoms with Crippen LogP contribution in [0.15, 0.2) is 42.6 Å². The van der Waals surface area contributed by atoms with E-state index in [4.69, 9.17) is 23.2 Å². The van der Waals surface area contributed by atoms with Gasteiger partial charge in [0.05, 0.1) is 16.8 Å². The van der Waals surface area contributed by atoms with E-state index in [-0.39, 0.29) is 29.8 Å². The van der Waals surface area contributed by atoms with E-state index in [1.54, 1.807) is 6.20 Å². The third-order valence-electron chi connectivity index (χ3n) is 5.63. The van der Waals surface area contributed by atoms with E-state index in [9.17, 15) is 4.79 Å². The van der Waals surface area contributed by atoms with Crippen LogP contribution in [0.1, 0.15) is 63.3 Å². The maximum absolute atomic E-state index is 13.2. The van der Waals surface area contributed by atoms with Crippen LogP contribution in [-0.2, 0) is 4.79 Å². The van der Waals surface area contributed by atoms with Gasteiger partial charge in [-0.25, -0.2) is 0 Å². The lowest BCUT2D eigenvalue weighted by atomic mass is 9.76. The Bertz CT molecular complexity index is 789. The molecule has 1 aromatic heterocycles. The predicted octanol–water partition coefficient (Wildman–Crippen LogP) is 6.27. The predicted molar refractivity (Wildman–Crippen MR) is 111 cm³/mol. The lowest BCUT2D eigenvalue weighted by Gasteiger charge is -2.47. The van der Waals surface area contributed by atoms with Gasteiger partial charge in [0.25, 0.3) is 0 Å². The minimum Gasteiger partial charge on any atom is -0.330 e. The van der Waals surface area contributed by atoms with Crippen LogP contribution in [0.25, 0.3) is 0 Å². The highest BCUT2D eigenvalue weighted by Crippen LogP contribution is 2.46. The SMILES string of the molecule is CCC(CC)N1C(=O)C(C)C[C@H](c2cccc(Cl)c2)[C@H]1c1ccc(Cl)cn1. The van der Waals surface area contributed by atoms with Crippen molar-refractivity contribution in [3.8, 4) is 0 Å². The summed E-state index contributed by atoms with van der Waals surface area (Å²) in [6.07, 6.45) is 4.28. The van der Waals surface area contributed by atoms with Gasteiger partial charge in [-0.05, 0) is 49.1 Å². The smallest absolute Gasteiger partial charge is 0.226 e. The summed E-state index contributed by atoms with van der Waals surface area (Å²) >= 11 is 12.4. The number of pyridine rings is 1. The quantitative estimate of drug-likeness (QED) is 0.587. The second kappa shape index (κ2) is 8.62. The van der Waals surface area contributed by atoms with Crippen LogP contribution < -0.4 is 0 Å². The number of benzene rings is 1. The third-order valence-corrected chi connectivity index (χ3v) is 6.09. The van der Waals surface area contributed by atoms with Gasteiger partial charge in [-0.1, -0.05) is 56.1 Å². The van der Waals surface area contributed by atoms with Gasteiger partial charge >= 0.3 is 0 Å². The molecule has 0 saturated carbocycles. The van der Waals surface area contributed by atoms with Crippen LogP contribution in [0, 0.1) is 5.92 Å². The zero-order chi connectivity index (χ0) is 19.6. The van der Waals surface area contributed by atoms with Crippen molar-refractivity contribution in [2.45, 2.75) is 58.0 Å². The Morgan fingerprint density at radius 2 is 1.89 bits per heavy atom. The number of carbonyl (C=O) groups excluding carboxylic acids is 1. The van der Waals surface area contributed by atoms with Crippen LogP contribution in [0.2, 0.25) is 10.0 Å². The maximum atomic E-state index is 13.2. The van der Waals surface area contributed by atoms with E-state index in [1.165, 1.54) is 0 Å². The summed E-state index contributed by atoms with van der Waals surface area (Å²) in [4.78, 5) is 19.9. The van der Waals surface area contributed by atoms with Gasteiger partial charge in [-0.3, -0.25) is 9.78 Å². The van der Waals surface area contributed by atoms with Crippen molar-refractivity contribution in [2.24, 2.45) is 5.92 Å². The van der Waals surface area contributed by atoms with E-state index in [2.05, 4.69) is 29.8 Å². The van der Waals surface area contributed by atoms with Crippen molar-refractivity contribution in [1.29, 1.82) is 0 Å². The highest BCUT2D eigenvalue weighted by atomic mass is 35.5. The summed E-state index contributed by atoms with van der Waals surface area (Å²) in [7, 11) is 0. The summed E-state index contributed by atoms with van der Waals surface area (Å²) in [5.41, 5.74) is 2.04. The molecular formula is C22H26Cl2N2O. The number of piperidine rings is 1. The lowest BCUT2D eigenvalue weighted by molar-refractivity contribution is -0.146.